The summed E-state index contributed by atoms with van der Waals surface area (Å²) in [5.41, 5.74) is 1.64. The van der Waals surface area contributed by atoms with Crippen LogP contribution in [0.2, 0.25) is 0 Å². The van der Waals surface area contributed by atoms with Gasteiger partial charge >= 0.3 is 0 Å². The van der Waals surface area contributed by atoms with Crippen molar-refractivity contribution in [2.24, 2.45) is 0 Å². The van der Waals surface area contributed by atoms with Crippen LogP contribution in [0, 0.1) is 0 Å². The third-order valence-electron chi connectivity index (χ3n) is 6.31. The topological polar surface area (TPSA) is 55.4 Å². The summed E-state index contributed by atoms with van der Waals surface area (Å²) in [6, 6.07) is 18.7. The van der Waals surface area contributed by atoms with E-state index in [-0.39, 0.29) is 24.4 Å². The molecule has 0 radical (unpaired) electrons. The van der Waals surface area contributed by atoms with E-state index in [9.17, 15) is 0 Å². The molecule has 0 unspecified atom stereocenters. The third-order valence-corrected chi connectivity index (χ3v) is 8.75. The number of methoxy groups -OCH3 is 4. The second-order valence-electron chi connectivity index (χ2n) is 11.3. The largest absolute Gasteiger partial charge is 0.497 e. The molecule has 3 aromatic carbocycles. The van der Waals surface area contributed by atoms with Gasteiger partial charge in [0, 0.05) is 36.0 Å². The molecule has 0 aliphatic heterocycles. The molecule has 7 heteroatoms. The van der Waals surface area contributed by atoms with Gasteiger partial charge in [0.1, 0.15) is 23.0 Å². The minimum Gasteiger partial charge on any atom is -0.497 e. The van der Waals surface area contributed by atoms with E-state index in [4.69, 9.17) is 28.4 Å². The van der Waals surface area contributed by atoms with Crippen LogP contribution in [0.25, 0.3) is 0 Å². The first-order valence-corrected chi connectivity index (χ1v) is 14.3. The van der Waals surface area contributed by atoms with Gasteiger partial charge in [-0.2, -0.15) is 0 Å². The maximum absolute atomic E-state index is 6.38. The lowest BCUT2D eigenvalue weighted by molar-refractivity contribution is 0.0505. The van der Waals surface area contributed by atoms with E-state index in [0.29, 0.717) is 0 Å². The zero-order valence-electron chi connectivity index (χ0n) is 25.0. The van der Waals surface area contributed by atoms with E-state index in [2.05, 4.69) is 90.1 Å². The van der Waals surface area contributed by atoms with Crippen LogP contribution in [0.4, 0.5) is 0 Å². The molecule has 6 nitrogen and oxygen atoms in total. The normalized spacial score (nSPS) is 12.0. The highest BCUT2D eigenvalue weighted by molar-refractivity contribution is 7.80. The third kappa shape index (κ3) is 7.25. The van der Waals surface area contributed by atoms with E-state index in [1.165, 1.54) is 0 Å². The first kappa shape index (κ1) is 30.7. The molecule has 3 rings (SSSR count). The lowest BCUT2D eigenvalue weighted by Gasteiger charge is -2.32. The molecule has 0 N–H and O–H groups in total. The van der Waals surface area contributed by atoms with Gasteiger partial charge in [-0.1, -0.05) is 71.9 Å². The summed E-state index contributed by atoms with van der Waals surface area (Å²) in [4.78, 5) is 0. The molecule has 0 spiro atoms. The highest BCUT2D eigenvalue weighted by Gasteiger charge is 2.33. The Kier molecular flexibility index (Phi) is 10.3. The zero-order valence-corrected chi connectivity index (χ0v) is 25.9. The van der Waals surface area contributed by atoms with Crippen molar-refractivity contribution >= 4 is 23.8 Å². The Morgan fingerprint density at radius 1 is 0.590 bits per heavy atom. The number of ether oxygens (including phenoxy) is 6. The average molecular weight is 555 g/mol. The molecule has 0 atom stereocenters. The van der Waals surface area contributed by atoms with Gasteiger partial charge in [-0.25, -0.2) is 0 Å². The summed E-state index contributed by atoms with van der Waals surface area (Å²) in [6.07, 6.45) is 0. The molecular weight excluding hydrogens is 511 g/mol. The number of rotatable bonds is 11. The van der Waals surface area contributed by atoms with E-state index in [1.807, 2.05) is 6.07 Å². The van der Waals surface area contributed by atoms with E-state index in [1.54, 1.807) is 28.4 Å². The summed E-state index contributed by atoms with van der Waals surface area (Å²) in [6.45, 7) is 13.3. The van der Waals surface area contributed by atoms with Crippen LogP contribution < -0.4 is 34.9 Å². The molecule has 39 heavy (non-hydrogen) atoms. The SMILES string of the molecule is COCOc1c(P(c2ccccc2)c2cc(OC)cc(C(C)(C)C)c2OCOC)cc(OC)cc1C(C)(C)C. The highest BCUT2D eigenvalue weighted by atomic mass is 31.1. The first-order chi connectivity index (χ1) is 18.5. The van der Waals surface area contributed by atoms with Gasteiger partial charge in [0.05, 0.1) is 14.2 Å². The second-order valence-corrected chi connectivity index (χ2v) is 13.5. The predicted octanol–water partition coefficient (Wildman–Crippen LogP) is 6.02. The maximum Gasteiger partial charge on any atom is 0.188 e. The van der Waals surface area contributed by atoms with Crippen LogP contribution in [-0.4, -0.2) is 42.0 Å². The summed E-state index contributed by atoms with van der Waals surface area (Å²) in [5.74, 6) is 3.11. The summed E-state index contributed by atoms with van der Waals surface area (Å²) >= 11 is 0. The minimum atomic E-state index is -1.21. The Hall–Kier alpha value is -2.79. The smallest absolute Gasteiger partial charge is 0.188 e. The summed E-state index contributed by atoms with van der Waals surface area (Å²) in [5, 5.41) is 3.15. The lowest BCUT2D eigenvalue weighted by Crippen LogP contribution is -2.29. The number of hydrogen-bond donors (Lipinski definition) is 0. The monoisotopic (exact) mass is 554 g/mol. The van der Waals surface area contributed by atoms with Crippen LogP contribution in [0.1, 0.15) is 52.7 Å². The molecule has 0 aliphatic rings. The van der Waals surface area contributed by atoms with E-state index < -0.39 is 7.92 Å². The van der Waals surface area contributed by atoms with Crippen LogP contribution >= 0.6 is 7.92 Å². The van der Waals surface area contributed by atoms with Crippen LogP contribution in [0.15, 0.2) is 54.6 Å². The Balaban J connectivity index is 2.52. The molecule has 0 bridgehead atoms. The van der Waals surface area contributed by atoms with Crippen molar-refractivity contribution in [1.29, 1.82) is 0 Å². The first-order valence-electron chi connectivity index (χ1n) is 13.0. The van der Waals surface area contributed by atoms with Crippen molar-refractivity contribution in [2.75, 3.05) is 42.0 Å². The number of benzene rings is 3. The molecule has 0 saturated carbocycles. The molecular formula is C32H43O6P. The molecule has 0 fully saturated rings. The van der Waals surface area contributed by atoms with E-state index in [0.717, 1.165) is 50.0 Å². The van der Waals surface area contributed by atoms with Gasteiger partial charge in [0.25, 0.3) is 0 Å². The van der Waals surface area contributed by atoms with Crippen molar-refractivity contribution < 1.29 is 28.4 Å². The fourth-order valence-electron chi connectivity index (χ4n) is 4.38. The minimum absolute atomic E-state index is 0.124. The Morgan fingerprint density at radius 3 is 1.33 bits per heavy atom. The van der Waals surface area contributed by atoms with Gasteiger partial charge in [-0.05, 0) is 48.3 Å². The quantitative estimate of drug-likeness (QED) is 0.213. The summed E-state index contributed by atoms with van der Waals surface area (Å²) < 4.78 is 35.2. The van der Waals surface area contributed by atoms with E-state index >= 15 is 0 Å². The highest BCUT2D eigenvalue weighted by Crippen LogP contribution is 2.47. The molecule has 0 aromatic heterocycles. The van der Waals surface area contributed by atoms with Gasteiger partial charge in [0.2, 0.25) is 0 Å². The molecule has 3 aromatic rings. The molecule has 0 aliphatic carbocycles. The Bertz CT molecular complexity index is 1150. The molecule has 212 valence electrons. The fraction of sp³-hybridized carbons (Fsp3) is 0.438. The zero-order chi connectivity index (χ0) is 28.8. The average Bonchev–Trinajstić information content (AvgIpc) is 2.90. The standard InChI is InChI=1S/C32H43O6P/c1-31(2,3)25-16-22(35-9)18-27(29(25)37-20-33-7)39(24-14-12-11-13-15-24)28-19-23(36-10)17-26(32(4,5)6)30(28)38-21-34-8/h11-19H,20-21H2,1-10H3. The summed E-state index contributed by atoms with van der Waals surface area (Å²) in [7, 11) is 5.45. The van der Waals surface area contributed by atoms with Gasteiger partial charge in [-0.15, -0.1) is 0 Å². The maximum atomic E-state index is 6.38. The molecule has 0 amide bonds. The van der Waals surface area contributed by atoms with Crippen LogP contribution in [0.3, 0.4) is 0 Å². The van der Waals surface area contributed by atoms with Gasteiger partial charge in [0.15, 0.2) is 13.6 Å². The van der Waals surface area contributed by atoms with Gasteiger partial charge in [-0.3, -0.25) is 0 Å². The lowest BCUT2D eigenvalue weighted by atomic mass is 9.86. The van der Waals surface area contributed by atoms with Crippen LogP contribution in [-0.2, 0) is 20.3 Å². The van der Waals surface area contributed by atoms with Crippen LogP contribution in [0.5, 0.6) is 23.0 Å². The van der Waals surface area contributed by atoms with Gasteiger partial charge < -0.3 is 28.4 Å². The fourth-order valence-corrected chi connectivity index (χ4v) is 6.96. The van der Waals surface area contributed by atoms with Crippen molar-refractivity contribution in [2.45, 2.75) is 52.4 Å². The van der Waals surface area contributed by atoms with Crippen molar-refractivity contribution in [1.82, 2.24) is 0 Å². The second kappa shape index (κ2) is 13.0. The molecule has 0 saturated heterocycles. The molecule has 0 heterocycles. The predicted molar refractivity (Wildman–Crippen MR) is 161 cm³/mol. The Morgan fingerprint density at radius 2 is 1.00 bits per heavy atom. The van der Waals surface area contributed by atoms with Crippen molar-refractivity contribution in [3.63, 3.8) is 0 Å². The van der Waals surface area contributed by atoms with Crippen molar-refractivity contribution in [3.05, 3.63) is 65.7 Å². The Labute approximate surface area is 235 Å². The number of hydrogen-bond acceptors (Lipinski definition) is 6. The van der Waals surface area contributed by atoms with Crippen molar-refractivity contribution in [3.8, 4) is 23.0 Å².